The third-order valence-corrected chi connectivity index (χ3v) is 5.40. The Hall–Kier alpha value is -2.52. The number of fused-ring (bicyclic) bond motifs is 2. The van der Waals surface area contributed by atoms with E-state index in [9.17, 15) is 19.2 Å². The normalized spacial score (nSPS) is 10.4. The second kappa shape index (κ2) is 13.5. The third-order valence-electron chi connectivity index (χ3n) is 4.44. The number of hydrogen-bond acceptors (Lipinski definition) is 9. The highest BCUT2D eigenvalue weighted by molar-refractivity contribution is 14.1. The van der Waals surface area contributed by atoms with Crippen molar-refractivity contribution < 1.29 is 8.83 Å². The van der Waals surface area contributed by atoms with Crippen LogP contribution in [0.15, 0.2) is 45.3 Å². The highest BCUT2D eigenvalue weighted by Crippen LogP contribution is 2.16. The Morgan fingerprint density at radius 3 is 2.00 bits per heavy atom. The second-order valence-corrected chi connectivity index (χ2v) is 9.94. The number of alkyl halides is 1. The fraction of sp³-hybridized carbons (Fsp3) is 0.364. The first kappa shape index (κ1) is 28.7. The van der Waals surface area contributed by atoms with Gasteiger partial charge in [-0.1, -0.05) is 62.0 Å². The summed E-state index contributed by atoms with van der Waals surface area (Å²) in [5.74, 6) is 0.784. The maximum atomic E-state index is 11.9. The van der Waals surface area contributed by atoms with E-state index in [2.05, 4.69) is 49.5 Å². The minimum atomic E-state index is -0.490. The quantitative estimate of drug-likeness (QED) is 0.0992. The number of nitrogens with zero attached hydrogens (tertiary/aromatic N) is 1. The van der Waals surface area contributed by atoms with Crippen molar-refractivity contribution in [3.63, 3.8) is 0 Å². The SMILES string of the molecule is CCI.CCSc1nc2oc(=O)cc(CC)c2c(=O)[nH]1.CCc1cc(=O)oc2[nH]c(=S)[nH]c(=O)c12. The summed E-state index contributed by atoms with van der Waals surface area (Å²) >= 11 is 8.46. The second-order valence-electron chi connectivity index (χ2n) is 6.75. The van der Waals surface area contributed by atoms with Crippen molar-refractivity contribution in [2.24, 2.45) is 0 Å². The summed E-state index contributed by atoms with van der Waals surface area (Å²) in [6, 6.07) is 2.65. The fourth-order valence-corrected chi connectivity index (χ4v) is 3.84. The summed E-state index contributed by atoms with van der Waals surface area (Å²) in [6.07, 6.45) is 1.17. The molecule has 0 atom stereocenters. The molecule has 10 nitrogen and oxygen atoms in total. The monoisotopic (exact) mass is 632 g/mol. The summed E-state index contributed by atoms with van der Waals surface area (Å²) in [7, 11) is 0. The lowest BCUT2D eigenvalue weighted by molar-refractivity contribution is 0.541. The lowest BCUT2D eigenvalue weighted by Gasteiger charge is -2.02. The summed E-state index contributed by atoms with van der Waals surface area (Å²) < 4.78 is 11.2. The molecule has 4 rings (SSSR count). The van der Waals surface area contributed by atoms with Gasteiger partial charge in [0, 0.05) is 12.1 Å². The first-order valence-corrected chi connectivity index (χ1v) is 13.7. The van der Waals surface area contributed by atoms with E-state index < -0.39 is 11.3 Å². The van der Waals surface area contributed by atoms with Gasteiger partial charge in [0.2, 0.25) is 11.4 Å². The van der Waals surface area contributed by atoms with Crippen LogP contribution in [0.5, 0.6) is 0 Å². The largest absolute Gasteiger partial charge is 0.405 e. The highest BCUT2D eigenvalue weighted by Gasteiger charge is 2.11. The lowest BCUT2D eigenvalue weighted by Crippen LogP contribution is -2.14. The van der Waals surface area contributed by atoms with E-state index in [1.54, 1.807) is 0 Å². The van der Waals surface area contributed by atoms with Crippen LogP contribution in [0.3, 0.4) is 0 Å². The number of H-pyrrole nitrogens is 3. The van der Waals surface area contributed by atoms with Crippen molar-refractivity contribution in [3.8, 4) is 0 Å². The van der Waals surface area contributed by atoms with Gasteiger partial charge in [-0.15, -0.1) is 0 Å². The molecule has 35 heavy (non-hydrogen) atoms. The average Bonchev–Trinajstić information content (AvgIpc) is 2.78. The fourth-order valence-electron chi connectivity index (χ4n) is 3.07. The molecule has 0 saturated carbocycles. The van der Waals surface area contributed by atoms with E-state index in [-0.39, 0.29) is 27.3 Å². The molecule has 4 aromatic heterocycles. The smallest absolute Gasteiger partial charge is 0.337 e. The molecule has 0 fully saturated rings. The maximum Gasteiger partial charge on any atom is 0.337 e. The molecular formula is C22H25IN4O6S2. The van der Waals surface area contributed by atoms with Crippen molar-refractivity contribution >= 4 is 68.8 Å². The van der Waals surface area contributed by atoms with Crippen LogP contribution in [0.4, 0.5) is 0 Å². The summed E-state index contributed by atoms with van der Waals surface area (Å²) in [4.78, 5) is 57.9. The first-order chi connectivity index (χ1) is 16.7. The van der Waals surface area contributed by atoms with Gasteiger partial charge in [-0.25, -0.2) is 9.59 Å². The number of aromatic amines is 3. The Morgan fingerprint density at radius 1 is 0.886 bits per heavy atom. The van der Waals surface area contributed by atoms with Crippen LogP contribution in [0.25, 0.3) is 22.2 Å². The maximum absolute atomic E-state index is 11.9. The van der Waals surface area contributed by atoms with Gasteiger partial charge in [0.05, 0.1) is 0 Å². The third kappa shape index (κ3) is 7.48. The Morgan fingerprint density at radius 2 is 1.43 bits per heavy atom. The van der Waals surface area contributed by atoms with E-state index in [4.69, 9.17) is 21.1 Å². The van der Waals surface area contributed by atoms with Crippen molar-refractivity contribution in [2.75, 3.05) is 10.2 Å². The minimum Gasteiger partial charge on any atom is -0.405 e. The summed E-state index contributed by atoms with van der Waals surface area (Å²) in [6.45, 7) is 7.80. The van der Waals surface area contributed by atoms with Crippen LogP contribution in [0.2, 0.25) is 0 Å². The Labute approximate surface area is 222 Å². The zero-order chi connectivity index (χ0) is 26.1. The van der Waals surface area contributed by atoms with Crippen molar-refractivity contribution in [1.29, 1.82) is 0 Å². The Kier molecular flexibility index (Phi) is 11.1. The van der Waals surface area contributed by atoms with Gasteiger partial charge in [-0.3, -0.25) is 14.6 Å². The molecule has 0 aliphatic heterocycles. The molecule has 0 radical (unpaired) electrons. The molecule has 0 amide bonds. The molecule has 13 heteroatoms. The van der Waals surface area contributed by atoms with Crippen molar-refractivity contribution in [1.82, 2.24) is 19.9 Å². The molecule has 0 unspecified atom stereocenters. The Bertz CT molecular complexity index is 1600. The van der Waals surface area contributed by atoms with E-state index in [0.29, 0.717) is 39.9 Å². The van der Waals surface area contributed by atoms with Gasteiger partial charge in [-0.05, 0) is 46.4 Å². The number of rotatable bonds is 4. The standard InChI is InChI=1S/C11H12N2O3S.C9H8N2O3S.C2H5I/c1-3-6-5-7(14)16-10-8(6)9(15)12-11(13-10)17-4-2;1-2-4-3-5(12)14-8-6(4)7(13)10-9(15)11-8;1-2-3/h5H,3-4H2,1-2H3,(H,12,13,15);3H,2H2,1H3,(H2,10,11,13,15);2H2,1H3. The molecule has 188 valence electrons. The van der Waals surface area contributed by atoms with Crippen LogP contribution >= 0.6 is 46.6 Å². The molecule has 0 spiro atoms. The predicted octanol–water partition coefficient (Wildman–Crippen LogP) is 4.09. The molecule has 0 aromatic carbocycles. The molecule has 0 bridgehead atoms. The van der Waals surface area contributed by atoms with Crippen LogP contribution in [0, 0.1) is 4.77 Å². The van der Waals surface area contributed by atoms with Gasteiger partial charge in [0.1, 0.15) is 10.8 Å². The van der Waals surface area contributed by atoms with Gasteiger partial charge >= 0.3 is 11.3 Å². The zero-order valence-corrected chi connectivity index (χ0v) is 23.4. The van der Waals surface area contributed by atoms with Gasteiger partial charge < -0.3 is 18.8 Å². The van der Waals surface area contributed by atoms with E-state index in [0.717, 1.165) is 5.75 Å². The van der Waals surface area contributed by atoms with Crippen LogP contribution in [0.1, 0.15) is 38.8 Å². The van der Waals surface area contributed by atoms with Gasteiger partial charge in [0.25, 0.3) is 11.1 Å². The molecule has 4 aromatic rings. The number of aryl methyl sites for hydroxylation is 2. The number of halogens is 1. The van der Waals surface area contributed by atoms with Crippen LogP contribution in [-0.2, 0) is 12.8 Å². The van der Waals surface area contributed by atoms with Gasteiger partial charge in [0.15, 0.2) is 9.93 Å². The number of aromatic nitrogens is 4. The molecular weight excluding hydrogens is 607 g/mol. The predicted molar refractivity (Wildman–Crippen MR) is 149 cm³/mol. The molecule has 0 saturated heterocycles. The van der Waals surface area contributed by atoms with E-state index >= 15 is 0 Å². The van der Waals surface area contributed by atoms with Crippen LogP contribution in [-0.4, -0.2) is 30.1 Å². The minimum absolute atomic E-state index is 0.119. The summed E-state index contributed by atoms with van der Waals surface area (Å²) in [5, 5.41) is 1.19. The number of nitrogens with one attached hydrogen (secondary N) is 3. The molecule has 3 N–H and O–H groups in total. The lowest BCUT2D eigenvalue weighted by atomic mass is 10.1. The average molecular weight is 633 g/mol. The Balaban J connectivity index is 0.000000223. The number of hydrogen-bond donors (Lipinski definition) is 3. The van der Waals surface area contributed by atoms with Crippen molar-refractivity contribution in [3.05, 3.63) is 69.6 Å². The van der Waals surface area contributed by atoms with Gasteiger partial charge in [-0.2, -0.15) is 4.98 Å². The van der Waals surface area contributed by atoms with E-state index in [1.165, 1.54) is 28.3 Å². The molecule has 0 aliphatic carbocycles. The molecule has 4 heterocycles. The molecule has 0 aliphatic rings. The van der Waals surface area contributed by atoms with Crippen molar-refractivity contribution in [2.45, 2.75) is 45.7 Å². The topological polar surface area (TPSA) is 155 Å². The highest BCUT2D eigenvalue weighted by atomic mass is 127. The van der Waals surface area contributed by atoms with E-state index in [1.807, 2.05) is 20.8 Å². The summed E-state index contributed by atoms with van der Waals surface area (Å²) in [5.41, 5.74) is 0.00495. The zero-order valence-electron chi connectivity index (χ0n) is 19.6. The van der Waals surface area contributed by atoms with Crippen LogP contribution < -0.4 is 22.4 Å². The first-order valence-electron chi connectivity index (χ1n) is 10.7. The number of thioether (sulfide) groups is 1.